The van der Waals surface area contributed by atoms with Crippen LogP contribution in [0.4, 0.5) is 5.13 Å². The molecule has 0 bridgehead atoms. The first kappa shape index (κ1) is 20.8. The number of rotatable bonds is 5. The number of nitrogens with zero attached hydrogens (tertiary/aromatic N) is 1. The molecule has 152 valence electrons. The van der Waals surface area contributed by atoms with Crippen LogP contribution < -0.4 is 5.32 Å². The van der Waals surface area contributed by atoms with Crippen LogP contribution in [0, 0.1) is 0 Å². The van der Waals surface area contributed by atoms with E-state index < -0.39 is 0 Å². The maximum atomic E-state index is 12.7. The summed E-state index contributed by atoms with van der Waals surface area (Å²) in [5.74, 6) is -0.641. The van der Waals surface area contributed by atoms with Gasteiger partial charge in [0.1, 0.15) is 0 Å². The highest BCUT2D eigenvalue weighted by Crippen LogP contribution is 2.31. The van der Waals surface area contributed by atoms with Crippen molar-refractivity contribution in [3.05, 3.63) is 68.3 Å². The number of esters is 1. The van der Waals surface area contributed by atoms with Crippen LogP contribution in [0.2, 0.25) is 10.0 Å². The molecule has 30 heavy (non-hydrogen) atoms. The highest BCUT2D eigenvalue weighted by atomic mass is 35.5. The van der Waals surface area contributed by atoms with E-state index in [0.29, 0.717) is 37.9 Å². The molecule has 0 aliphatic rings. The molecule has 5 nitrogen and oxygen atoms in total. The quantitative estimate of drug-likeness (QED) is 0.323. The number of carbonyl (C=O) groups excluding carboxylic acids is 2. The van der Waals surface area contributed by atoms with Crippen molar-refractivity contribution in [3.8, 4) is 11.3 Å². The third-order valence-corrected chi connectivity index (χ3v) is 6.80. The van der Waals surface area contributed by atoms with Crippen LogP contribution in [0.1, 0.15) is 27.0 Å². The van der Waals surface area contributed by atoms with Crippen molar-refractivity contribution in [1.29, 1.82) is 0 Å². The summed E-state index contributed by atoms with van der Waals surface area (Å²) in [6.45, 7) is 2.07. The van der Waals surface area contributed by atoms with Crippen LogP contribution >= 0.6 is 45.9 Å². The number of aromatic nitrogens is 1. The molecule has 0 aliphatic heterocycles. The lowest BCUT2D eigenvalue weighted by atomic mass is 10.1. The third kappa shape index (κ3) is 4.34. The van der Waals surface area contributed by atoms with Gasteiger partial charge in [0.05, 0.1) is 32.8 Å². The zero-order chi connectivity index (χ0) is 21.3. The standard InChI is InChI=1S/C21H14Cl2N2O3S2/c1-2-28-20(27)12-4-6-17-13(7-12)9-18(30-17)19(26)25-21-24-16(10-29-21)11-3-5-14(22)15(23)8-11/h3-10H,2H2,1H3,(H,24,25,26). The Labute approximate surface area is 190 Å². The van der Waals surface area contributed by atoms with Gasteiger partial charge >= 0.3 is 5.97 Å². The largest absolute Gasteiger partial charge is 0.462 e. The summed E-state index contributed by atoms with van der Waals surface area (Å²) in [7, 11) is 0. The molecule has 0 spiro atoms. The number of hydrogen-bond acceptors (Lipinski definition) is 6. The van der Waals surface area contributed by atoms with E-state index in [1.807, 2.05) is 17.5 Å². The summed E-state index contributed by atoms with van der Waals surface area (Å²) in [6, 6.07) is 12.3. The molecule has 1 N–H and O–H groups in total. The highest BCUT2D eigenvalue weighted by Gasteiger charge is 2.15. The van der Waals surface area contributed by atoms with Crippen molar-refractivity contribution in [2.75, 3.05) is 11.9 Å². The lowest BCUT2D eigenvalue weighted by molar-refractivity contribution is 0.0526. The number of ether oxygens (including phenoxy) is 1. The third-order valence-electron chi connectivity index (χ3n) is 4.19. The van der Waals surface area contributed by atoms with E-state index in [2.05, 4.69) is 10.3 Å². The molecule has 0 aliphatic carbocycles. The number of anilines is 1. The van der Waals surface area contributed by atoms with Crippen molar-refractivity contribution >= 4 is 73.0 Å². The van der Waals surface area contributed by atoms with Crippen LogP contribution in [-0.2, 0) is 4.74 Å². The molecule has 2 aromatic carbocycles. The minimum atomic E-state index is -0.380. The topological polar surface area (TPSA) is 68.3 Å². The van der Waals surface area contributed by atoms with Gasteiger partial charge in [0.2, 0.25) is 0 Å². The fourth-order valence-electron chi connectivity index (χ4n) is 2.77. The van der Waals surface area contributed by atoms with Crippen molar-refractivity contribution in [3.63, 3.8) is 0 Å². The Hall–Kier alpha value is -2.45. The van der Waals surface area contributed by atoms with E-state index in [-0.39, 0.29) is 11.9 Å². The zero-order valence-corrected chi connectivity index (χ0v) is 18.7. The van der Waals surface area contributed by atoms with Crippen LogP contribution in [-0.4, -0.2) is 23.5 Å². The van der Waals surface area contributed by atoms with Gasteiger partial charge in [-0.05, 0) is 48.7 Å². The fourth-order valence-corrected chi connectivity index (χ4v) is 4.73. The fraction of sp³-hybridized carbons (Fsp3) is 0.0952. The van der Waals surface area contributed by atoms with Crippen LogP contribution in [0.5, 0.6) is 0 Å². The zero-order valence-electron chi connectivity index (χ0n) is 15.6. The number of fused-ring (bicyclic) bond motifs is 1. The second-order valence-electron chi connectivity index (χ2n) is 6.20. The molecule has 9 heteroatoms. The molecular weight excluding hydrogens is 463 g/mol. The Bertz CT molecular complexity index is 1270. The molecular formula is C21H14Cl2N2O3S2. The van der Waals surface area contributed by atoms with Crippen LogP contribution in [0.25, 0.3) is 21.3 Å². The minimum Gasteiger partial charge on any atom is -0.462 e. The summed E-state index contributed by atoms with van der Waals surface area (Å²) in [4.78, 5) is 29.6. The van der Waals surface area contributed by atoms with Gasteiger partial charge in [0, 0.05) is 15.6 Å². The number of carbonyl (C=O) groups is 2. The van der Waals surface area contributed by atoms with Crippen molar-refractivity contribution < 1.29 is 14.3 Å². The Kier molecular flexibility index (Phi) is 6.06. The second kappa shape index (κ2) is 8.73. The normalized spacial score (nSPS) is 10.9. The minimum absolute atomic E-state index is 0.260. The number of nitrogens with one attached hydrogen (secondary N) is 1. The Morgan fingerprint density at radius 2 is 1.93 bits per heavy atom. The maximum Gasteiger partial charge on any atom is 0.338 e. The molecule has 0 saturated carbocycles. The van der Waals surface area contributed by atoms with E-state index in [4.69, 9.17) is 27.9 Å². The molecule has 0 saturated heterocycles. The first-order valence-corrected chi connectivity index (χ1v) is 11.3. The SMILES string of the molecule is CCOC(=O)c1ccc2sc(C(=O)Nc3nc(-c4ccc(Cl)c(Cl)c4)cs3)cc2c1. The van der Waals surface area contributed by atoms with Gasteiger partial charge in [0.15, 0.2) is 5.13 Å². The number of benzene rings is 2. The predicted molar refractivity (Wildman–Crippen MR) is 123 cm³/mol. The molecule has 0 radical (unpaired) electrons. The lowest BCUT2D eigenvalue weighted by Crippen LogP contribution is -2.09. The van der Waals surface area contributed by atoms with Gasteiger partial charge in [-0.2, -0.15) is 0 Å². The number of halogens is 2. The summed E-state index contributed by atoms with van der Waals surface area (Å²) in [5, 5.41) is 6.87. The number of thiophene rings is 1. The van der Waals surface area contributed by atoms with E-state index in [1.54, 1.807) is 37.3 Å². The summed E-state index contributed by atoms with van der Waals surface area (Å²) in [5.41, 5.74) is 1.97. The number of thiazole rings is 1. The van der Waals surface area contributed by atoms with E-state index >= 15 is 0 Å². The second-order valence-corrected chi connectivity index (χ2v) is 8.96. The van der Waals surface area contributed by atoms with Gasteiger partial charge in [-0.25, -0.2) is 9.78 Å². The maximum absolute atomic E-state index is 12.7. The van der Waals surface area contributed by atoms with Crippen molar-refractivity contribution in [2.45, 2.75) is 6.92 Å². The van der Waals surface area contributed by atoms with Gasteiger partial charge in [-0.15, -0.1) is 22.7 Å². The number of amides is 1. The average molecular weight is 477 g/mol. The van der Waals surface area contributed by atoms with E-state index in [1.165, 1.54) is 22.7 Å². The van der Waals surface area contributed by atoms with Gasteiger partial charge in [0.25, 0.3) is 5.91 Å². The molecule has 0 unspecified atom stereocenters. The van der Waals surface area contributed by atoms with Crippen molar-refractivity contribution in [1.82, 2.24) is 4.98 Å². The van der Waals surface area contributed by atoms with Crippen LogP contribution in [0.15, 0.2) is 47.8 Å². The van der Waals surface area contributed by atoms with E-state index in [9.17, 15) is 9.59 Å². The average Bonchev–Trinajstić information content (AvgIpc) is 3.36. The first-order valence-electron chi connectivity index (χ1n) is 8.87. The molecule has 1 amide bonds. The molecule has 0 atom stereocenters. The molecule has 4 rings (SSSR count). The molecule has 2 heterocycles. The smallest absolute Gasteiger partial charge is 0.338 e. The van der Waals surface area contributed by atoms with E-state index in [0.717, 1.165) is 15.6 Å². The highest BCUT2D eigenvalue weighted by molar-refractivity contribution is 7.21. The predicted octanol–water partition coefficient (Wildman–Crippen LogP) is 6.76. The lowest BCUT2D eigenvalue weighted by Gasteiger charge is -2.00. The summed E-state index contributed by atoms with van der Waals surface area (Å²) < 4.78 is 5.93. The molecule has 4 aromatic rings. The van der Waals surface area contributed by atoms with Gasteiger partial charge < -0.3 is 4.74 Å². The Morgan fingerprint density at radius 1 is 1.10 bits per heavy atom. The molecule has 2 aromatic heterocycles. The Balaban J connectivity index is 1.52. The first-order chi connectivity index (χ1) is 14.4. The number of hydrogen-bond donors (Lipinski definition) is 1. The monoisotopic (exact) mass is 476 g/mol. The van der Waals surface area contributed by atoms with Crippen molar-refractivity contribution in [2.24, 2.45) is 0 Å². The molecule has 0 fully saturated rings. The van der Waals surface area contributed by atoms with Gasteiger partial charge in [-0.3, -0.25) is 10.1 Å². The van der Waals surface area contributed by atoms with Crippen LogP contribution in [0.3, 0.4) is 0 Å². The summed E-state index contributed by atoms with van der Waals surface area (Å²) in [6.07, 6.45) is 0. The van der Waals surface area contributed by atoms with Gasteiger partial charge in [-0.1, -0.05) is 29.3 Å². The Morgan fingerprint density at radius 3 is 2.70 bits per heavy atom. The summed E-state index contributed by atoms with van der Waals surface area (Å²) >= 11 is 14.7.